The number of benzene rings is 3. The predicted octanol–water partition coefficient (Wildman–Crippen LogP) is 4.75. The van der Waals surface area contributed by atoms with Gasteiger partial charge in [-0.15, -0.1) is 5.10 Å². The summed E-state index contributed by atoms with van der Waals surface area (Å²) in [7, 11) is 1.58. The fraction of sp³-hybridized carbons (Fsp3) is 0.310. The molecule has 192 valence electrons. The van der Waals surface area contributed by atoms with Crippen LogP contribution >= 0.6 is 0 Å². The fourth-order valence-electron chi connectivity index (χ4n) is 4.30. The van der Waals surface area contributed by atoms with E-state index in [0.29, 0.717) is 22.5 Å². The number of aromatic nitrogens is 3. The topological polar surface area (TPSA) is 89.4 Å². The first-order valence-electron chi connectivity index (χ1n) is 12.2. The molecule has 1 heterocycles. The van der Waals surface area contributed by atoms with Crippen molar-refractivity contribution in [2.45, 2.75) is 52.7 Å². The molecule has 0 saturated heterocycles. The second-order valence-corrected chi connectivity index (χ2v) is 10.2. The molecule has 0 aliphatic rings. The largest absolute Gasteiger partial charge is 0.497 e. The van der Waals surface area contributed by atoms with E-state index in [9.17, 15) is 9.59 Å². The molecule has 2 amide bonds. The Morgan fingerprint density at radius 3 is 2.51 bits per heavy atom. The van der Waals surface area contributed by atoms with Gasteiger partial charge in [-0.3, -0.25) is 14.5 Å². The van der Waals surface area contributed by atoms with Crippen LogP contribution in [-0.4, -0.2) is 39.5 Å². The highest BCUT2D eigenvalue weighted by Crippen LogP contribution is 2.33. The Morgan fingerprint density at radius 1 is 1.03 bits per heavy atom. The van der Waals surface area contributed by atoms with Crippen molar-refractivity contribution in [1.29, 1.82) is 0 Å². The maximum absolute atomic E-state index is 14.2. The highest BCUT2D eigenvalue weighted by Gasteiger charge is 2.35. The van der Waals surface area contributed by atoms with Crippen molar-refractivity contribution < 1.29 is 14.3 Å². The minimum atomic E-state index is -0.947. The molecule has 4 rings (SSSR count). The zero-order chi connectivity index (χ0) is 26.7. The number of ether oxygens (including phenoxy) is 1. The van der Waals surface area contributed by atoms with Crippen molar-refractivity contribution in [2.24, 2.45) is 0 Å². The fourth-order valence-corrected chi connectivity index (χ4v) is 4.30. The number of aryl methyl sites for hydroxylation is 2. The Morgan fingerprint density at radius 2 is 1.78 bits per heavy atom. The molecule has 0 unspecified atom stereocenters. The summed E-state index contributed by atoms with van der Waals surface area (Å²) >= 11 is 0. The van der Waals surface area contributed by atoms with Crippen LogP contribution in [0.1, 0.15) is 43.5 Å². The van der Waals surface area contributed by atoms with Crippen LogP contribution in [0.5, 0.6) is 5.75 Å². The summed E-state index contributed by atoms with van der Waals surface area (Å²) in [4.78, 5) is 29.7. The summed E-state index contributed by atoms with van der Waals surface area (Å²) in [6, 6.07) is 19.7. The van der Waals surface area contributed by atoms with Crippen molar-refractivity contribution in [3.63, 3.8) is 0 Å². The van der Waals surface area contributed by atoms with E-state index in [-0.39, 0.29) is 18.4 Å². The predicted molar refractivity (Wildman–Crippen MR) is 145 cm³/mol. The molecule has 1 N–H and O–H groups in total. The lowest BCUT2D eigenvalue weighted by atomic mass is 9.99. The number of methoxy groups -OCH3 is 1. The highest BCUT2D eigenvalue weighted by atomic mass is 16.5. The second kappa shape index (κ2) is 10.4. The minimum Gasteiger partial charge on any atom is -0.497 e. The molecule has 0 aliphatic heterocycles. The lowest BCUT2D eigenvalue weighted by Gasteiger charge is -2.35. The van der Waals surface area contributed by atoms with Crippen molar-refractivity contribution in [2.75, 3.05) is 12.0 Å². The van der Waals surface area contributed by atoms with E-state index in [1.165, 1.54) is 0 Å². The normalized spacial score (nSPS) is 12.3. The third kappa shape index (κ3) is 5.80. The van der Waals surface area contributed by atoms with E-state index in [1.54, 1.807) is 22.8 Å². The van der Waals surface area contributed by atoms with Crippen LogP contribution in [-0.2, 0) is 16.1 Å². The maximum atomic E-state index is 14.2. The van der Waals surface area contributed by atoms with Crippen molar-refractivity contribution in [3.8, 4) is 5.75 Å². The Labute approximate surface area is 217 Å². The number of rotatable bonds is 7. The van der Waals surface area contributed by atoms with Crippen LogP contribution in [0.15, 0.2) is 66.7 Å². The van der Waals surface area contributed by atoms with E-state index >= 15 is 0 Å². The molecule has 3 aromatic carbocycles. The van der Waals surface area contributed by atoms with Crippen molar-refractivity contribution in [1.82, 2.24) is 20.3 Å². The van der Waals surface area contributed by atoms with Crippen LogP contribution < -0.4 is 15.0 Å². The minimum absolute atomic E-state index is 0.0861. The molecule has 0 spiro atoms. The molecule has 1 atom stereocenters. The first-order chi connectivity index (χ1) is 17.6. The van der Waals surface area contributed by atoms with E-state index in [1.807, 2.05) is 95.3 Å². The van der Waals surface area contributed by atoms with Gasteiger partial charge in [-0.1, -0.05) is 41.6 Å². The average molecular weight is 500 g/mol. The molecule has 0 radical (unpaired) electrons. The molecular weight excluding hydrogens is 466 g/mol. The van der Waals surface area contributed by atoms with E-state index in [0.717, 1.165) is 16.6 Å². The van der Waals surface area contributed by atoms with Gasteiger partial charge < -0.3 is 10.1 Å². The summed E-state index contributed by atoms with van der Waals surface area (Å²) < 4.78 is 7.02. The Balaban J connectivity index is 1.88. The molecule has 0 fully saturated rings. The number of carbonyl (C=O) groups is 2. The first-order valence-corrected chi connectivity index (χ1v) is 12.2. The van der Waals surface area contributed by atoms with Gasteiger partial charge in [0.1, 0.15) is 23.9 Å². The SMILES string of the molecule is COc1cccc([C@H](C(=O)NC(C)(C)C)N(C(=O)Cn2nnc3ccccc32)c2cc(C)ccc2C)c1. The van der Waals surface area contributed by atoms with Gasteiger partial charge in [-0.2, -0.15) is 0 Å². The van der Waals surface area contributed by atoms with Crippen molar-refractivity contribution in [3.05, 3.63) is 83.4 Å². The average Bonchev–Trinajstić information content (AvgIpc) is 3.25. The molecule has 8 nitrogen and oxygen atoms in total. The number of nitrogens with zero attached hydrogens (tertiary/aromatic N) is 4. The maximum Gasteiger partial charge on any atom is 0.249 e. The zero-order valence-electron chi connectivity index (χ0n) is 22.1. The summed E-state index contributed by atoms with van der Waals surface area (Å²) in [6.45, 7) is 9.56. The molecule has 0 bridgehead atoms. The van der Waals surface area contributed by atoms with Gasteiger partial charge in [-0.05, 0) is 81.6 Å². The highest BCUT2D eigenvalue weighted by molar-refractivity contribution is 6.02. The Kier molecular flexibility index (Phi) is 7.29. The van der Waals surface area contributed by atoms with Gasteiger partial charge in [0.25, 0.3) is 0 Å². The molecule has 1 aromatic heterocycles. The van der Waals surface area contributed by atoms with Crippen LogP contribution in [0.25, 0.3) is 11.0 Å². The molecule has 0 aliphatic carbocycles. The van der Waals surface area contributed by atoms with E-state index in [4.69, 9.17) is 4.74 Å². The number of carbonyl (C=O) groups excluding carboxylic acids is 2. The van der Waals surface area contributed by atoms with E-state index in [2.05, 4.69) is 15.6 Å². The Bertz CT molecular complexity index is 1440. The number of amides is 2. The number of hydrogen-bond donors (Lipinski definition) is 1. The van der Waals surface area contributed by atoms with Crippen LogP contribution in [0.4, 0.5) is 5.69 Å². The van der Waals surface area contributed by atoms with Gasteiger partial charge in [-0.25, -0.2) is 4.68 Å². The quantitative estimate of drug-likeness (QED) is 0.397. The summed E-state index contributed by atoms with van der Waals surface area (Å²) in [5.74, 6) is 0.0152. The van der Waals surface area contributed by atoms with Gasteiger partial charge >= 0.3 is 0 Å². The van der Waals surface area contributed by atoms with Crippen molar-refractivity contribution >= 4 is 28.5 Å². The van der Waals surface area contributed by atoms with Gasteiger partial charge in [0.05, 0.1) is 12.6 Å². The summed E-state index contributed by atoms with van der Waals surface area (Å²) in [6.07, 6.45) is 0. The molecular formula is C29H33N5O3. The Hall–Kier alpha value is -4.20. The number of hydrogen-bond acceptors (Lipinski definition) is 5. The summed E-state index contributed by atoms with van der Waals surface area (Å²) in [5.41, 5.74) is 4.08. The number of fused-ring (bicyclic) bond motifs is 1. The van der Waals surface area contributed by atoms with E-state index < -0.39 is 11.6 Å². The number of para-hydroxylation sites is 1. The smallest absolute Gasteiger partial charge is 0.249 e. The number of nitrogens with one attached hydrogen (secondary N) is 1. The lowest BCUT2D eigenvalue weighted by Crippen LogP contribution is -2.50. The standard InChI is InChI=1S/C29H33N5O3/c1-19-14-15-20(2)25(16-19)34(26(35)18-33-24-13-8-7-12-23(24)31-32-33)27(28(36)30-29(3,4)5)21-10-9-11-22(17-21)37-6/h7-17,27H,18H2,1-6H3,(H,30,36)/t27-/m1/s1. The third-order valence-corrected chi connectivity index (χ3v) is 6.01. The molecule has 8 heteroatoms. The molecule has 0 saturated carbocycles. The number of anilines is 1. The van der Waals surface area contributed by atoms with Crippen LogP contribution in [0.3, 0.4) is 0 Å². The van der Waals surface area contributed by atoms with Crippen LogP contribution in [0.2, 0.25) is 0 Å². The first kappa shape index (κ1) is 25.9. The monoisotopic (exact) mass is 499 g/mol. The lowest BCUT2D eigenvalue weighted by molar-refractivity contribution is -0.128. The molecule has 4 aromatic rings. The summed E-state index contributed by atoms with van der Waals surface area (Å²) in [5, 5.41) is 11.5. The van der Waals surface area contributed by atoms with Gasteiger partial charge in [0.15, 0.2) is 0 Å². The van der Waals surface area contributed by atoms with Gasteiger partial charge in [0, 0.05) is 11.2 Å². The zero-order valence-corrected chi connectivity index (χ0v) is 22.1. The third-order valence-electron chi connectivity index (χ3n) is 6.01. The second-order valence-electron chi connectivity index (χ2n) is 10.2. The van der Waals surface area contributed by atoms with Gasteiger partial charge in [0.2, 0.25) is 11.8 Å². The van der Waals surface area contributed by atoms with Crippen LogP contribution in [0, 0.1) is 13.8 Å². The molecule has 37 heavy (non-hydrogen) atoms.